The van der Waals surface area contributed by atoms with E-state index < -0.39 is 5.97 Å². The first-order chi connectivity index (χ1) is 9.22. The molecule has 0 spiro atoms. The van der Waals surface area contributed by atoms with Crippen molar-refractivity contribution in [2.45, 2.75) is 11.8 Å². The lowest BCUT2D eigenvalue weighted by molar-refractivity contribution is -0.131. The summed E-state index contributed by atoms with van der Waals surface area (Å²) >= 11 is 1.73. The van der Waals surface area contributed by atoms with Gasteiger partial charge in [0.05, 0.1) is 10.7 Å². The van der Waals surface area contributed by atoms with Gasteiger partial charge in [0.1, 0.15) is 0 Å². The van der Waals surface area contributed by atoms with Crippen LogP contribution in [0.15, 0.2) is 64.6 Å². The van der Waals surface area contributed by atoms with Crippen LogP contribution in [-0.4, -0.2) is 17.6 Å². The lowest BCUT2D eigenvalue weighted by Gasteiger charge is -2.17. The largest absolute Gasteiger partial charge is 0.478 e. The molecule has 1 N–H and O–H groups in total. The molecule has 1 aromatic carbocycles. The molecule has 1 aromatic rings. The maximum Gasteiger partial charge on any atom is 0.328 e. The van der Waals surface area contributed by atoms with Crippen molar-refractivity contribution in [3.8, 4) is 0 Å². The van der Waals surface area contributed by atoms with E-state index in [0.717, 1.165) is 17.6 Å². The van der Waals surface area contributed by atoms with E-state index in [1.165, 1.54) is 16.7 Å². The molecular formula is C15H15NO2S. The maximum absolute atomic E-state index is 10.3. The van der Waals surface area contributed by atoms with Crippen LogP contribution in [0.3, 0.4) is 0 Å². The predicted octanol–water partition coefficient (Wildman–Crippen LogP) is 3.66. The van der Waals surface area contributed by atoms with Gasteiger partial charge in [-0.15, -0.1) is 0 Å². The molecule has 0 radical (unpaired) electrons. The number of carbonyl (C=O) groups is 1. The van der Waals surface area contributed by atoms with Crippen molar-refractivity contribution in [2.24, 2.45) is 0 Å². The van der Waals surface area contributed by atoms with E-state index in [1.807, 2.05) is 24.3 Å². The number of nitrogens with zero attached hydrogens (tertiary/aromatic N) is 1. The Kier molecular flexibility index (Phi) is 4.47. The zero-order chi connectivity index (χ0) is 13.7. The number of anilines is 1. The molecule has 0 fully saturated rings. The quantitative estimate of drug-likeness (QED) is 0.671. The van der Waals surface area contributed by atoms with Crippen molar-refractivity contribution in [2.75, 3.05) is 11.4 Å². The Hall–Kier alpha value is -1.94. The van der Waals surface area contributed by atoms with Crippen molar-refractivity contribution in [1.82, 2.24) is 0 Å². The fraction of sp³-hybridized carbons (Fsp3) is 0.133. The Morgan fingerprint density at radius 1 is 1.32 bits per heavy atom. The highest BCUT2D eigenvalue weighted by atomic mass is 32.2. The molecule has 3 nitrogen and oxygen atoms in total. The predicted molar refractivity (Wildman–Crippen MR) is 79.3 cm³/mol. The van der Waals surface area contributed by atoms with Crippen LogP contribution >= 0.6 is 11.8 Å². The topological polar surface area (TPSA) is 40.5 Å². The second kappa shape index (κ2) is 6.29. The van der Waals surface area contributed by atoms with Gasteiger partial charge < -0.3 is 10.0 Å². The van der Waals surface area contributed by atoms with Gasteiger partial charge in [0, 0.05) is 17.5 Å². The van der Waals surface area contributed by atoms with E-state index in [1.54, 1.807) is 17.8 Å². The number of thioether (sulfide) groups is 1. The number of aliphatic carboxylic acids is 1. The molecule has 1 aliphatic rings. The highest BCUT2D eigenvalue weighted by molar-refractivity contribution is 8.03. The molecule has 19 heavy (non-hydrogen) atoms. The van der Waals surface area contributed by atoms with Crippen LogP contribution in [0, 0.1) is 0 Å². The molecule has 1 heterocycles. The number of benzene rings is 1. The fourth-order valence-corrected chi connectivity index (χ4v) is 2.98. The zero-order valence-electron chi connectivity index (χ0n) is 10.6. The third-order valence-corrected chi connectivity index (χ3v) is 3.78. The Balaban J connectivity index is 2.12. The monoisotopic (exact) mass is 273 g/mol. The summed E-state index contributed by atoms with van der Waals surface area (Å²) in [4.78, 5) is 13.8. The van der Waals surface area contributed by atoms with Gasteiger partial charge in [-0.05, 0) is 25.1 Å². The first-order valence-corrected chi connectivity index (χ1v) is 6.86. The molecule has 4 heteroatoms. The van der Waals surface area contributed by atoms with Crippen LogP contribution < -0.4 is 4.90 Å². The highest BCUT2D eigenvalue weighted by Crippen LogP contribution is 2.45. The lowest BCUT2D eigenvalue weighted by atomic mass is 10.3. The number of para-hydroxylation sites is 1. The van der Waals surface area contributed by atoms with Gasteiger partial charge in [-0.2, -0.15) is 0 Å². The molecule has 0 aromatic heterocycles. The van der Waals surface area contributed by atoms with E-state index >= 15 is 0 Å². The second-order valence-electron chi connectivity index (χ2n) is 3.90. The van der Waals surface area contributed by atoms with Crippen molar-refractivity contribution < 1.29 is 9.90 Å². The van der Waals surface area contributed by atoms with E-state index in [2.05, 4.69) is 24.0 Å². The summed E-state index contributed by atoms with van der Waals surface area (Å²) < 4.78 is 0. The molecular weight excluding hydrogens is 258 g/mol. The van der Waals surface area contributed by atoms with Gasteiger partial charge in [-0.25, -0.2) is 4.79 Å². The molecule has 0 saturated heterocycles. The summed E-state index contributed by atoms with van der Waals surface area (Å²) in [5, 5.41) is 9.63. The average Bonchev–Trinajstić information content (AvgIpc) is 2.75. The highest BCUT2D eigenvalue weighted by Gasteiger charge is 2.22. The van der Waals surface area contributed by atoms with Crippen LogP contribution in [0.2, 0.25) is 0 Å². The minimum atomic E-state index is -0.935. The number of carboxylic acid groups (broad SMARTS) is 1. The van der Waals surface area contributed by atoms with Gasteiger partial charge in [0.15, 0.2) is 0 Å². The summed E-state index contributed by atoms with van der Waals surface area (Å²) in [5.74, 6) is -0.935. The standard InChI is InChI=1S/C15H15NO2S/c1-2-16-12-8-6-7-9-13(12)19-14(16)10-4-3-5-11-15(17)18/h3-11H,2H2,1H3,(H,17,18)/b4-3+,11-5+,14-10-. The summed E-state index contributed by atoms with van der Waals surface area (Å²) in [6.45, 7) is 3.03. The smallest absolute Gasteiger partial charge is 0.328 e. The molecule has 1 aliphatic heterocycles. The van der Waals surface area contributed by atoms with Crippen LogP contribution in [0.4, 0.5) is 5.69 Å². The molecule has 0 unspecified atom stereocenters. The van der Waals surface area contributed by atoms with Crippen molar-refractivity contribution >= 4 is 23.4 Å². The van der Waals surface area contributed by atoms with Crippen molar-refractivity contribution in [1.29, 1.82) is 0 Å². The maximum atomic E-state index is 10.3. The first-order valence-electron chi connectivity index (χ1n) is 6.04. The molecule has 0 atom stereocenters. The molecule has 98 valence electrons. The third kappa shape index (κ3) is 3.29. The minimum absolute atomic E-state index is 0.911. The van der Waals surface area contributed by atoms with E-state index in [0.29, 0.717) is 0 Å². The van der Waals surface area contributed by atoms with Gasteiger partial charge in [0.25, 0.3) is 0 Å². The zero-order valence-corrected chi connectivity index (χ0v) is 11.4. The Labute approximate surface area is 116 Å². The Morgan fingerprint density at radius 2 is 2.11 bits per heavy atom. The normalized spacial score (nSPS) is 16.7. The molecule has 0 aliphatic carbocycles. The molecule has 0 amide bonds. The number of allylic oxidation sites excluding steroid dienone is 4. The Bertz CT molecular complexity index is 561. The molecule has 2 rings (SSSR count). The summed E-state index contributed by atoms with van der Waals surface area (Å²) in [7, 11) is 0. The number of carboxylic acids is 1. The van der Waals surface area contributed by atoms with Crippen LogP contribution in [0.25, 0.3) is 0 Å². The minimum Gasteiger partial charge on any atom is -0.478 e. The first kappa shape index (κ1) is 13.5. The van der Waals surface area contributed by atoms with Gasteiger partial charge >= 0.3 is 5.97 Å². The van der Waals surface area contributed by atoms with Gasteiger partial charge in [-0.3, -0.25) is 0 Å². The summed E-state index contributed by atoms with van der Waals surface area (Å²) in [6, 6.07) is 8.29. The van der Waals surface area contributed by atoms with Crippen LogP contribution in [0.1, 0.15) is 6.92 Å². The average molecular weight is 273 g/mol. The SMILES string of the molecule is CCN1/C(=C/C=C/C=C/C(=O)O)Sc2ccccc21. The second-order valence-corrected chi connectivity index (χ2v) is 4.96. The van der Waals surface area contributed by atoms with Gasteiger partial charge in [-0.1, -0.05) is 42.1 Å². The third-order valence-electron chi connectivity index (χ3n) is 2.65. The van der Waals surface area contributed by atoms with Crippen LogP contribution in [0.5, 0.6) is 0 Å². The summed E-state index contributed by atoms with van der Waals surface area (Å²) in [6.07, 6.45) is 8.21. The lowest BCUT2D eigenvalue weighted by Crippen LogP contribution is -2.16. The molecule has 0 saturated carbocycles. The van der Waals surface area contributed by atoms with E-state index in [9.17, 15) is 4.79 Å². The van der Waals surface area contributed by atoms with Crippen LogP contribution in [-0.2, 0) is 4.79 Å². The van der Waals surface area contributed by atoms with Gasteiger partial charge in [0.2, 0.25) is 0 Å². The van der Waals surface area contributed by atoms with E-state index in [-0.39, 0.29) is 0 Å². The van der Waals surface area contributed by atoms with E-state index in [4.69, 9.17) is 5.11 Å². The fourth-order valence-electron chi connectivity index (χ4n) is 1.84. The number of rotatable bonds is 4. The number of fused-ring (bicyclic) bond motifs is 1. The number of hydrogen-bond acceptors (Lipinski definition) is 3. The number of hydrogen-bond donors (Lipinski definition) is 1. The van der Waals surface area contributed by atoms with Crippen molar-refractivity contribution in [3.05, 3.63) is 59.7 Å². The molecule has 0 bridgehead atoms. The van der Waals surface area contributed by atoms with Crippen molar-refractivity contribution in [3.63, 3.8) is 0 Å². The summed E-state index contributed by atoms with van der Waals surface area (Å²) in [5.41, 5.74) is 1.23. The Morgan fingerprint density at radius 3 is 2.84 bits per heavy atom.